The number of thiazole rings is 1. The Labute approximate surface area is 96.1 Å². The highest BCUT2D eigenvalue weighted by molar-refractivity contribution is 7.11. The van der Waals surface area contributed by atoms with Crippen LogP contribution in [0, 0.1) is 26.2 Å². The summed E-state index contributed by atoms with van der Waals surface area (Å²) in [5, 5.41) is 4.58. The molecule has 0 radical (unpaired) electrons. The lowest BCUT2D eigenvalue weighted by Crippen LogP contribution is -2.21. The molecule has 1 aromatic rings. The third-order valence-electron chi connectivity index (χ3n) is 2.22. The van der Waals surface area contributed by atoms with Crippen LogP contribution in [0.25, 0.3) is 0 Å². The van der Waals surface area contributed by atoms with Crippen LogP contribution in [0.5, 0.6) is 0 Å². The van der Waals surface area contributed by atoms with Crippen LogP contribution in [0.1, 0.15) is 41.4 Å². The number of nitrogens with zero attached hydrogens (tertiary/aromatic N) is 1. The largest absolute Gasteiger partial charge is 0.308 e. The highest BCUT2D eigenvalue weighted by Crippen LogP contribution is 2.26. The van der Waals surface area contributed by atoms with Crippen molar-refractivity contribution in [2.75, 3.05) is 6.54 Å². The fourth-order valence-electron chi connectivity index (χ4n) is 1.56. The first kappa shape index (κ1) is 12.2. The highest BCUT2D eigenvalue weighted by atomic mass is 32.1. The van der Waals surface area contributed by atoms with Gasteiger partial charge in [-0.25, -0.2) is 4.98 Å². The van der Waals surface area contributed by atoms with Gasteiger partial charge in [-0.1, -0.05) is 6.92 Å². The summed E-state index contributed by atoms with van der Waals surface area (Å²) in [6.07, 6.45) is 7.25. The molecule has 2 nitrogen and oxygen atoms in total. The van der Waals surface area contributed by atoms with Gasteiger partial charge in [0, 0.05) is 11.3 Å². The standard InChI is InChI=1S/C12H18N2S/c1-5-7-11(13-8-6-2)12-9(3)14-10(4)15-12/h1,11,13H,6-8H2,2-4H3. The second kappa shape index (κ2) is 5.89. The molecule has 0 aliphatic heterocycles. The molecule has 15 heavy (non-hydrogen) atoms. The number of nitrogens with one attached hydrogen (secondary N) is 1. The van der Waals surface area contributed by atoms with E-state index in [1.165, 1.54) is 4.88 Å². The molecule has 0 fully saturated rings. The maximum atomic E-state index is 5.39. The van der Waals surface area contributed by atoms with Crippen molar-refractivity contribution >= 4 is 11.3 Å². The molecule has 0 bridgehead atoms. The molecule has 0 spiro atoms. The summed E-state index contributed by atoms with van der Waals surface area (Å²) >= 11 is 1.74. The van der Waals surface area contributed by atoms with Crippen molar-refractivity contribution in [3.05, 3.63) is 15.6 Å². The fraction of sp³-hybridized carbons (Fsp3) is 0.583. The zero-order chi connectivity index (χ0) is 11.3. The van der Waals surface area contributed by atoms with Crippen molar-refractivity contribution in [1.29, 1.82) is 0 Å². The molecule has 1 atom stereocenters. The Hall–Kier alpha value is -0.850. The predicted octanol–water partition coefficient (Wildman–Crippen LogP) is 2.82. The van der Waals surface area contributed by atoms with Crippen LogP contribution in [0.2, 0.25) is 0 Å². The first-order valence-electron chi connectivity index (χ1n) is 5.29. The molecule has 1 aromatic heterocycles. The average molecular weight is 222 g/mol. The van der Waals surface area contributed by atoms with Gasteiger partial charge < -0.3 is 5.32 Å². The maximum absolute atomic E-state index is 5.39. The van der Waals surface area contributed by atoms with Crippen LogP contribution < -0.4 is 5.32 Å². The minimum absolute atomic E-state index is 0.279. The molecule has 3 heteroatoms. The quantitative estimate of drug-likeness (QED) is 0.775. The van der Waals surface area contributed by atoms with Gasteiger partial charge in [-0.05, 0) is 26.8 Å². The molecule has 0 amide bonds. The molecule has 1 N–H and O–H groups in total. The molecule has 0 aliphatic rings. The second-order valence-electron chi connectivity index (χ2n) is 3.60. The first-order chi connectivity index (χ1) is 7.19. The normalized spacial score (nSPS) is 12.4. The van der Waals surface area contributed by atoms with E-state index in [1.807, 2.05) is 6.92 Å². The summed E-state index contributed by atoms with van der Waals surface area (Å²) in [7, 11) is 0. The Morgan fingerprint density at radius 3 is 2.73 bits per heavy atom. The molecule has 0 aliphatic carbocycles. The monoisotopic (exact) mass is 222 g/mol. The van der Waals surface area contributed by atoms with Crippen LogP contribution in [-0.4, -0.2) is 11.5 Å². The Kier molecular flexibility index (Phi) is 4.80. The van der Waals surface area contributed by atoms with E-state index in [0.717, 1.165) is 30.1 Å². The van der Waals surface area contributed by atoms with Crippen LogP contribution in [0.4, 0.5) is 0 Å². The van der Waals surface area contributed by atoms with E-state index in [0.29, 0.717) is 0 Å². The average Bonchev–Trinajstić information content (AvgIpc) is 2.52. The Morgan fingerprint density at radius 1 is 1.53 bits per heavy atom. The van der Waals surface area contributed by atoms with Crippen molar-refractivity contribution in [3.8, 4) is 12.3 Å². The SMILES string of the molecule is C#CCC(NCCC)c1sc(C)nc1C. The maximum Gasteiger partial charge on any atom is 0.0900 e. The van der Waals surface area contributed by atoms with Gasteiger partial charge in [0.2, 0.25) is 0 Å². The van der Waals surface area contributed by atoms with E-state index >= 15 is 0 Å². The van der Waals surface area contributed by atoms with Gasteiger partial charge in [0.25, 0.3) is 0 Å². The lowest BCUT2D eigenvalue weighted by Gasteiger charge is -2.14. The zero-order valence-corrected chi connectivity index (χ0v) is 10.4. The fourth-order valence-corrected chi connectivity index (χ4v) is 2.57. The summed E-state index contributed by atoms with van der Waals surface area (Å²) in [5.74, 6) is 2.73. The molecule has 1 heterocycles. The number of hydrogen-bond donors (Lipinski definition) is 1. The molecule has 1 rings (SSSR count). The summed E-state index contributed by atoms with van der Waals surface area (Å²) in [4.78, 5) is 5.72. The highest BCUT2D eigenvalue weighted by Gasteiger charge is 2.15. The minimum atomic E-state index is 0.279. The molecule has 0 saturated carbocycles. The Morgan fingerprint density at radius 2 is 2.27 bits per heavy atom. The topological polar surface area (TPSA) is 24.9 Å². The van der Waals surface area contributed by atoms with Crippen LogP contribution in [-0.2, 0) is 0 Å². The number of hydrogen-bond acceptors (Lipinski definition) is 3. The first-order valence-corrected chi connectivity index (χ1v) is 6.11. The van der Waals surface area contributed by atoms with Crippen LogP contribution in [0.3, 0.4) is 0 Å². The lowest BCUT2D eigenvalue weighted by molar-refractivity contribution is 0.547. The molecule has 82 valence electrons. The lowest BCUT2D eigenvalue weighted by atomic mass is 10.1. The molecule has 1 unspecified atom stereocenters. The van der Waals surface area contributed by atoms with E-state index in [4.69, 9.17) is 6.42 Å². The zero-order valence-electron chi connectivity index (χ0n) is 9.63. The Bertz CT molecular complexity index is 349. The van der Waals surface area contributed by atoms with Gasteiger partial charge in [0.15, 0.2) is 0 Å². The van der Waals surface area contributed by atoms with Crippen molar-refractivity contribution in [2.24, 2.45) is 0 Å². The van der Waals surface area contributed by atoms with Gasteiger partial charge in [-0.15, -0.1) is 23.7 Å². The number of terminal acetylenes is 1. The third-order valence-corrected chi connectivity index (χ3v) is 3.41. The minimum Gasteiger partial charge on any atom is -0.308 e. The molecular weight excluding hydrogens is 204 g/mol. The second-order valence-corrected chi connectivity index (χ2v) is 4.83. The predicted molar refractivity (Wildman–Crippen MR) is 66.1 cm³/mol. The van der Waals surface area contributed by atoms with E-state index in [-0.39, 0.29) is 6.04 Å². The van der Waals surface area contributed by atoms with E-state index in [2.05, 4.69) is 30.1 Å². The Balaban J connectivity index is 2.79. The van der Waals surface area contributed by atoms with Crippen molar-refractivity contribution in [3.63, 3.8) is 0 Å². The van der Waals surface area contributed by atoms with Gasteiger partial charge in [-0.2, -0.15) is 0 Å². The number of rotatable bonds is 5. The van der Waals surface area contributed by atoms with Crippen molar-refractivity contribution in [2.45, 2.75) is 39.7 Å². The molecule has 0 aromatic carbocycles. The smallest absolute Gasteiger partial charge is 0.0900 e. The summed E-state index contributed by atoms with van der Waals surface area (Å²) in [5.41, 5.74) is 1.11. The van der Waals surface area contributed by atoms with E-state index < -0.39 is 0 Å². The van der Waals surface area contributed by atoms with Crippen LogP contribution >= 0.6 is 11.3 Å². The molecular formula is C12H18N2S. The summed E-state index contributed by atoms with van der Waals surface area (Å²) < 4.78 is 0. The van der Waals surface area contributed by atoms with Crippen LogP contribution in [0.15, 0.2) is 0 Å². The third kappa shape index (κ3) is 3.33. The van der Waals surface area contributed by atoms with Gasteiger partial charge in [-0.3, -0.25) is 0 Å². The number of aromatic nitrogens is 1. The van der Waals surface area contributed by atoms with E-state index in [1.54, 1.807) is 11.3 Å². The van der Waals surface area contributed by atoms with Crippen molar-refractivity contribution in [1.82, 2.24) is 10.3 Å². The summed E-state index contributed by atoms with van der Waals surface area (Å²) in [6.45, 7) is 7.25. The van der Waals surface area contributed by atoms with Gasteiger partial charge in [0.1, 0.15) is 0 Å². The molecule has 0 saturated heterocycles. The van der Waals surface area contributed by atoms with Crippen molar-refractivity contribution < 1.29 is 0 Å². The summed E-state index contributed by atoms with van der Waals surface area (Å²) in [6, 6.07) is 0.279. The van der Waals surface area contributed by atoms with Gasteiger partial charge >= 0.3 is 0 Å². The van der Waals surface area contributed by atoms with Gasteiger partial charge in [0.05, 0.1) is 16.7 Å². The van der Waals surface area contributed by atoms with E-state index in [9.17, 15) is 0 Å². The number of aryl methyl sites for hydroxylation is 2.